The van der Waals surface area contributed by atoms with Gasteiger partial charge in [-0.3, -0.25) is 4.79 Å². The minimum Gasteiger partial charge on any atom is -0.494 e. The number of hydrogen-bond acceptors (Lipinski definition) is 4. The van der Waals surface area contributed by atoms with Crippen molar-refractivity contribution in [2.75, 3.05) is 11.9 Å². The quantitative estimate of drug-likeness (QED) is 0.548. The molecule has 0 aliphatic rings. The number of carbonyl (C=O) groups is 1. The smallest absolute Gasteiger partial charge is 0.263 e. The molecule has 0 bridgehead atoms. The van der Waals surface area contributed by atoms with Gasteiger partial charge in [-0.05, 0) is 39.0 Å². The van der Waals surface area contributed by atoms with Crippen LogP contribution in [0.3, 0.4) is 0 Å². The summed E-state index contributed by atoms with van der Waals surface area (Å²) >= 11 is 0. The maximum Gasteiger partial charge on any atom is 0.263 e. The molecule has 0 spiro atoms. The molecule has 2 N–H and O–H groups in total. The summed E-state index contributed by atoms with van der Waals surface area (Å²) in [5.74, 6) is -1.70. The average Bonchev–Trinajstić information content (AvgIpc) is 2.65. The molecule has 2 aromatic carbocycles. The third-order valence-electron chi connectivity index (χ3n) is 3.97. The molecule has 7 heteroatoms. The number of halogens is 2. The number of para-hydroxylation sites is 1. The zero-order valence-corrected chi connectivity index (χ0v) is 15.8. The first kappa shape index (κ1) is 20.9. The fourth-order valence-corrected chi connectivity index (χ4v) is 2.57. The molecule has 0 heterocycles. The molecule has 146 valence electrons. The van der Waals surface area contributed by atoms with Gasteiger partial charge in [0.15, 0.2) is 0 Å². The maximum atomic E-state index is 13.7. The second-order valence-electron chi connectivity index (χ2n) is 6.08. The average molecular weight is 385 g/mol. The fourth-order valence-electron chi connectivity index (χ4n) is 2.57. The Kier molecular flexibility index (Phi) is 7.10. The first-order valence-corrected chi connectivity index (χ1v) is 8.72. The zero-order valence-electron chi connectivity index (χ0n) is 15.8. The monoisotopic (exact) mass is 385 g/mol. The van der Waals surface area contributed by atoms with E-state index < -0.39 is 29.3 Å². The summed E-state index contributed by atoms with van der Waals surface area (Å²) in [6.45, 7) is 6.00. The van der Waals surface area contributed by atoms with Crippen LogP contribution in [-0.2, 0) is 4.79 Å². The number of nitriles is 1. The summed E-state index contributed by atoms with van der Waals surface area (Å²) in [5, 5.41) is 14.3. The van der Waals surface area contributed by atoms with Crippen LogP contribution < -0.4 is 15.4 Å². The molecule has 28 heavy (non-hydrogen) atoms. The summed E-state index contributed by atoms with van der Waals surface area (Å²) in [4.78, 5) is 12.4. The van der Waals surface area contributed by atoms with Crippen molar-refractivity contribution >= 4 is 11.6 Å². The van der Waals surface area contributed by atoms with E-state index in [-0.39, 0.29) is 5.57 Å². The van der Waals surface area contributed by atoms with Crippen molar-refractivity contribution < 1.29 is 18.3 Å². The van der Waals surface area contributed by atoms with Crippen LogP contribution in [0, 0.1) is 29.9 Å². The molecule has 1 atom stereocenters. The van der Waals surface area contributed by atoms with Crippen LogP contribution in [0.5, 0.6) is 5.75 Å². The van der Waals surface area contributed by atoms with Crippen molar-refractivity contribution in [3.63, 3.8) is 0 Å². The molecule has 0 saturated heterocycles. The highest BCUT2D eigenvalue weighted by Crippen LogP contribution is 2.26. The molecule has 1 unspecified atom stereocenters. The third-order valence-corrected chi connectivity index (χ3v) is 3.97. The van der Waals surface area contributed by atoms with E-state index in [9.17, 15) is 18.8 Å². The first-order chi connectivity index (χ1) is 13.4. The topological polar surface area (TPSA) is 74.1 Å². The lowest BCUT2D eigenvalue weighted by Gasteiger charge is -2.18. The lowest BCUT2D eigenvalue weighted by atomic mass is 10.0. The van der Waals surface area contributed by atoms with Gasteiger partial charge in [0.1, 0.15) is 34.7 Å². The number of rotatable bonds is 7. The molecular formula is C21H21F2N3O2. The van der Waals surface area contributed by atoms with Gasteiger partial charge in [0.2, 0.25) is 0 Å². The standard InChI is InChI=1S/C21H21F2N3O2/c1-4-28-19-9-8-13(2)10-16(19)14(3)26-21(27)15(11-24)12-25-20-17(22)6-5-7-18(20)23/h5-10,12,14,25H,4H2,1-3H3,(H,26,27)/b15-12-. The van der Waals surface area contributed by atoms with E-state index in [0.717, 1.165) is 29.5 Å². The molecule has 0 aliphatic carbocycles. The molecule has 0 fully saturated rings. The molecule has 0 aliphatic heterocycles. The minimum atomic E-state index is -0.830. The zero-order chi connectivity index (χ0) is 20.7. The predicted octanol–water partition coefficient (Wildman–Crippen LogP) is 4.37. The highest BCUT2D eigenvalue weighted by molar-refractivity contribution is 5.97. The summed E-state index contributed by atoms with van der Waals surface area (Å²) in [5.41, 5.74) is 1.00. The van der Waals surface area contributed by atoms with Gasteiger partial charge >= 0.3 is 0 Å². The van der Waals surface area contributed by atoms with Gasteiger partial charge in [-0.2, -0.15) is 5.26 Å². The second-order valence-corrected chi connectivity index (χ2v) is 6.08. The van der Waals surface area contributed by atoms with E-state index in [4.69, 9.17) is 4.74 Å². The van der Waals surface area contributed by atoms with Crippen LogP contribution in [0.2, 0.25) is 0 Å². The van der Waals surface area contributed by atoms with Crippen molar-refractivity contribution in [3.05, 3.63) is 70.9 Å². The fraction of sp³-hybridized carbons (Fsp3) is 0.238. The molecule has 5 nitrogen and oxygen atoms in total. The van der Waals surface area contributed by atoms with Crippen molar-refractivity contribution in [2.24, 2.45) is 0 Å². The lowest BCUT2D eigenvalue weighted by molar-refractivity contribution is -0.117. The van der Waals surface area contributed by atoms with Crippen molar-refractivity contribution in [1.29, 1.82) is 5.26 Å². The van der Waals surface area contributed by atoms with Gasteiger partial charge < -0.3 is 15.4 Å². The summed E-state index contributed by atoms with van der Waals surface area (Å²) in [6.07, 6.45) is 0.975. The highest BCUT2D eigenvalue weighted by Gasteiger charge is 2.18. The van der Waals surface area contributed by atoms with Crippen LogP contribution in [0.15, 0.2) is 48.2 Å². The predicted molar refractivity (Wildman–Crippen MR) is 103 cm³/mol. The van der Waals surface area contributed by atoms with Crippen LogP contribution in [0.25, 0.3) is 0 Å². The molecule has 0 aromatic heterocycles. The third kappa shape index (κ3) is 5.07. The summed E-state index contributed by atoms with van der Waals surface area (Å²) < 4.78 is 32.9. The molecule has 0 saturated carbocycles. The first-order valence-electron chi connectivity index (χ1n) is 8.72. The lowest BCUT2D eigenvalue weighted by Crippen LogP contribution is -2.28. The number of nitrogens with one attached hydrogen (secondary N) is 2. The van der Waals surface area contributed by atoms with E-state index in [0.29, 0.717) is 12.4 Å². The Balaban J connectivity index is 2.18. The maximum absolute atomic E-state index is 13.7. The SMILES string of the molecule is CCOc1ccc(C)cc1C(C)NC(=O)/C(C#N)=C\Nc1c(F)cccc1F. The van der Waals surface area contributed by atoms with Crippen LogP contribution in [-0.4, -0.2) is 12.5 Å². The second kappa shape index (κ2) is 9.51. The Morgan fingerprint density at radius 1 is 1.29 bits per heavy atom. The largest absolute Gasteiger partial charge is 0.494 e. The van der Waals surface area contributed by atoms with E-state index in [2.05, 4.69) is 10.6 Å². The number of amides is 1. The van der Waals surface area contributed by atoms with Crippen LogP contribution >= 0.6 is 0 Å². The van der Waals surface area contributed by atoms with Gasteiger partial charge in [0, 0.05) is 11.8 Å². The molecule has 2 aromatic rings. The Morgan fingerprint density at radius 2 is 1.96 bits per heavy atom. The number of hydrogen-bond donors (Lipinski definition) is 2. The van der Waals surface area contributed by atoms with Crippen molar-refractivity contribution in [2.45, 2.75) is 26.8 Å². The van der Waals surface area contributed by atoms with Crippen molar-refractivity contribution in [1.82, 2.24) is 5.32 Å². The van der Waals surface area contributed by atoms with Gasteiger partial charge in [0.25, 0.3) is 5.91 Å². The van der Waals surface area contributed by atoms with E-state index in [1.807, 2.05) is 32.0 Å². The van der Waals surface area contributed by atoms with Gasteiger partial charge in [-0.25, -0.2) is 8.78 Å². The molecule has 2 rings (SSSR count). The summed E-state index contributed by atoms with van der Waals surface area (Å²) in [6, 6.07) is 10.2. The number of aryl methyl sites for hydroxylation is 1. The Bertz CT molecular complexity index is 915. The number of nitrogens with zero attached hydrogens (tertiary/aromatic N) is 1. The van der Waals surface area contributed by atoms with E-state index in [1.165, 1.54) is 6.07 Å². The Hall–Kier alpha value is -3.40. The van der Waals surface area contributed by atoms with Gasteiger partial charge in [-0.15, -0.1) is 0 Å². The normalized spacial score (nSPS) is 12.1. The van der Waals surface area contributed by atoms with E-state index in [1.54, 1.807) is 13.0 Å². The number of ether oxygens (including phenoxy) is 1. The minimum absolute atomic E-state index is 0.319. The van der Waals surface area contributed by atoms with Gasteiger partial charge in [0.05, 0.1) is 12.6 Å². The number of anilines is 1. The van der Waals surface area contributed by atoms with Gasteiger partial charge in [-0.1, -0.05) is 23.8 Å². The molecular weight excluding hydrogens is 364 g/mol. The number of carbonyl (C=O) groups excluding carboxylic acids is 1. The van der Waals surface area contributed by atoms with Crippen molar-refractivity contribution in [3.8, 4) is 11.8 Å². The van der Waals surface area contributed by atoms with E-state index >= 15 is 0 Å². The molecule has 0 radical (unpaired) electrons. The van der Waals surface area contributed by atoms with Crippen LogP contribution in [0.4, 0.5) is 14.5 Å². The highest BCUT2D eigenvalue weighted by atomic mass is 19.1. The Labute approximate surface area is 162 Å². The molecule has 1 amide bonds. The summed E-state index contributed by atoms with van der Waals surface area (Å²) in [7, 11) is 0. The number of benzene rings is 2. The van der Waals surface area contributed by atoms with Crippen LogP contribution in [0.1, 0.15) is 31.0 Å². The Morgan fingerprint density at radius 3 is 2.57 bits per heavy atom.